The van der Waals surface area contributed by atoms with Crippen LogP contribution in [0.2, 0.25) is 0 Å². The molecule has 0 bridgehead atoms. The van der Waals surface area contributed by atoms with Gasteiger partial charge in [-0.3, -0.25) is 14.5 Å². The van der Waals surface area contributed by atoms with Crippen molar-refractivity contribution in [3.05, 3.63) is 46.9 Å². The van der Waals surface area contributed by atoms with E-state index >= 15 is 0 Å². The molecule has 3 heterocycles. The fraction of sp³-hybridized carbons (Fsp3) is 0.389. The molecule has 1 aromatic carbocycles. The maximum absolute atomic E-state index is 12.4. The Morgan fingerprint density at radius 2 is 1.88 bits per heavy atom. The average Bonchev–Trinajstić information content (AvgIpc) is 3.32. The SMILES string of the molecule is O=C(c1nccs1)N1CCN([C@H]2CC(=O)N(c3ccccc3)C2)CC1. The van der Waals surface area contributed by atoms with Gasteiger partial charge in [-0.25, -0.2) is 4.98 Å². The first kappa shape index (κ1) is 16.2. The third kappa shape index (κ3) is 3.29. The second-order valence-corrected chi connectivity index (χ2v) is 7.26. The zero-order chi connectivity index (χ0) is 17.2. The van der Waals surface area contributed by atoms with Gasteiger partial charge in [0.15, 0.2) is 5.01 Å². The van der Waals surface area contributed by atoms with Crippen molar-refractivity contribution in [2.75, 3.05) is 37.6 Å². The zero-order valence-corrected chi connectivity index (χ0v) is 14.7. The number of amides is 2. The van der Waals surface area contributed by atoms with Gasteiger partial charge in [-0.1, -0.05) is 18.2 Å². The number of rotatable bonds is 3. The molecule has 1 atom stereocenters. The van der Waals surface area contributed by atoms with E-state index in [2.05, 4.69) is 9.88 Å². The number of para-hydroxylation sites is 1. The second-order valence-electron chi connectivity index (χ2n) is 6.36. The van der Waals surface area contributed by atoms with Crippen molar-refractivity contribution in [1.82, 2.24) is 14.8 Å². The molecule has 0 radical (unpaired) electrons. The number of carbonyl (C=O) groups is 2. The summed E-state index contributed by atoms with van der Waals surface area (Å²) < 4.78 is 0. The molecule has 4 rings (SSSR count). The van der Waals surface area contributed by atoms with E-state index in [1.54, 1.807) is 6.20 Å². The molecule has 130 valence electrons. The first-order chi connectivity index (χ1) is 12.2. The van der Waals surface area contributed by atoms with Gasteiger partial charge in [0.25, 0.3) is 5.91 Å². The highest BCUT2D eigenvalue weighted by Crippen LogP contribution is 2.25. The average molecular weight is 356 g/mol. The van der Waals surface area contributed by atoms with Gasteiger partial charge in [-0.15, -0.1) is 11.3 Å². The summed E-state index contributed by atoms with van der Waals surface area (Å²) in [5.74, 6) is 0.195. The van der Waals surface area contributed by atoms with Gasteiger partial charge in [0, 0.05) is 62.5 Å². The third-order valence-electron chi connectivity index (χ3n) is 4.91. The Hall–Kier alpha value is -2.25. The lowest BCUT2D eigenvalue weighted by atomic mass is 10.2. The van der Waals surface area contributed by atoms with Crippen LogP contribution < -0.4 is 4.90 Å². The third-order valence-corrected chi connectivity index (χ3v) is 5.67. The first-order valence-corrected chi connectivity index (χ1v) is 9.38. The van der Waals surface area contributed by atoms with Crippen molar-refractivity contribution in [2.45, 2.75) is 12.5 Å². The van der Waals surface area contributed by atoms with E-state index in [0.29, 0.717) is 24.5 Å². The first-order valence-electron chi connectivity index (χ1n) is 8.50. The van der Waals surface area contributed by atoms with Crippen LogP contribution in [0.4, 0.5) is 5.69 Å². The monoisotopic (exact) mass is 356 g/mol. The van der Waals surface area contributed by atoms with E-state index in [1.807, 2.05) is 45.5 Å². The smallest absolute Gasteiger partial charge is 0.282 e. The molecule has 6 nitrogen and oxygen atoms in total. The molecule has 1 aromatic heterocycles. The fourth-order valence-corrected chi connectivity index (χ4v) is 4.15. The van der Waals surface area contributed by atoms with Crippen molar-refractivity contribution in [3.63, 3.8) is 0 Å². The van der Waals surface area contributed by atoms with E-state index in [9.17, 15) is 9.59 Å². The normalized spacial score (nSPS) is 21.8. The van der Waals surface area contributed by atoms with E-state index in [4.69, 9.17) is 0 Å². The van der Waals surface area contributed by atoms with Gasteiger partial charge < -0.3 is 9.80 Å². The number of anilines is 1. The summed E-state index contributed by atoms with van der Waals surface area (Å²) in [7, 11) is 0. The summed E-state index contributed by atoms with van der Waals surface area (Å²) in [6, 6.07) is 10.1. The number of benzene rings is 1. The number of hydrogen-bond acceptors (Lipinski definition) is 5. The van der Waals surface area contributed by atoms with Crippen molar-refractivity contribution in [1.29, 1.82) is 0 Å². The minimum atomic E-state index is 0.0167. The molecular formula is C18H20N4O2S. The predicted octanol–water partition coefficient (Wildman–Crippen LogP) is 1.71. The van der Waals surface area contributed by atoms with Gasteiger partial charge in [-0.05, 0) is 12.1 Å². The molecule has 2 saturated heterocycles. The Morgan fingerprint density at radius 1 is 1.12 bits per heavy atom. The number of piperazine rings is 1. The van der Waals surface area contributed by atoms with Crippen molar-refractivity contribution < 1.29 is 9.59 Å². The van der Waals surface area contributed by atoms with Gasteiger partial charge in [0.1, 0.15) is 0 Å². The molecule has 2 fully saturated rings. The molecule has 2 aliphatic heterocycles. The van der Waals surface area contributed by atoms with Crippen LogP contribution in [-0.4, -0.2) is 65.4 Å². The molecule has 0 saturated carbocycles. The Labute approximate surface area is 150 Å². The number of aromatic nitrogens is 1. The van der Waals surface area contributed by atoms with Crippen LogP contribution in [0.3, 0.4) is 0 Å². The molecule has 7 heteroatoms. The Kier molecular flexibility index (Phi) is 4.50. The molecule has 2 aromatic rings. The highest BCUT2D eigenvalue weighted by molar-refractivity contribution is 7.11. The van der Waals surface area contributed by atoms with Crippen molar-refractivity contribution >= 4 is 28.8 Å². The maximum Gasteiger partial charge on any atom is 0.282 e. The Bertz CT molecular complexity index is 742. The Balaban J connectivity index is 1.35. The van der Waals surface area contributed by atoms with Crippen LogP contribution in [0.25, 0.3) is 0 Å². The van der Waals surface area contributed by atoms with Gasteiger partial charge in [0.05, 0.1) is 0 Å². The lowest BCUT2D eigenvalue weighted by molar-refractivity contribution is -0.117. The number of carbonyl (C=O) groups excluding carboxylic acids is 2. The van der Waals surface area contributed by atoms with Crippen molar-refractivity contribution in [3.8, 4) is 0 Å². The molecule has 2 aliphatic rings. The predicted molar refractivity (Wildman–Crippen MR) is 96.8 cm³/mol. The molecule has 0 spiro atoms. The maximum atomic E-state index is 12.4. The lowest BCUT2D eigenvalue weighted by Crippen LogP contribution is -2.52. The molecule has 2 amide bonds. The van der Waals surface area contributed by atoms with Crippen LogP contribution in [0.15, 0.2) is 41.9 Å². The van der Waals surface area contributed by atoms with Crippen LogP contribution in [0.1, 0.15) is 16.2 Å². The summed E-state index contributed by atoms with van der Waals surface area (Å²) in [6.07, 6.45) is 2.21. The van der Waals surface area contributed by atoms with Gasteiger partial charge >= 0.3 is 0 Å². The standard InChI is InChI=1S/C18H20N4O2S/c23-16-12-15(13-22(16)14-4-2-1-3-5-14)20-7-9-21(10-8-20)18(24)17-19-6-11-25-17/h1-6,11,15H,7-10,12-13H2/t15-/m0/s1. The highest BCUT2D eigenvalue weighted by atomic mass is 32.1. The highest BCUT2D eigenvalue weighted by Gasteiger charge is 2.36. The minimum Gasteiger partial charge on any atom is -0.334 e. The molecule has 0 aliphatic carbocycles. The van der Waals surface area contributed by atoms with Crippen LogP contribution >= 0.6 is 11.3 Å². The quantitative estimate of drug-likeness (QED) is 0.840. The second kappa shape index (κ2) is 6.93. The molecule has 0 unspecified atom stereocenters. The number of nitrogens with zero attached hydrogens (tertiary/aromatic N) is 4. The minimum absolute atomic E-state index is 0.0167. The zero-order valence-electron chi connectivity index (χ0n) is 13.9. The molecule has 25 heavy (non-hydrogen) atoms. The van der Waals surface area contributed by atoms with Crippen LogP contribution in [-0.2, 0) is 4.79 Å². The van der Waals surface area contributed by atoms with E-state index in [0.717, 1.165) is 25.3 Å². The number of thiazole rings is 1. The lowest BCUT2D eigenvalue weighted by Gasteiger charge is -2.37. The van der Waals surface area contributed by atoms with Crippen LogP contribution in [0, 0.1) is 0 Å². The Morgan fingerprint density at radius 3 is 2.56 bits per heavy atom. The summed E-state index contributed by atoms with van der Waals surface area (Å²) >= 11 is 1.38. The van der Waals surface area contributed by atoms with E-state index < -0.39 is 0 Å². The molecule has 0 N–H and O–H groups in total. The van der Waals surface area contributed by atoms with Gasteiger partial charge in [0.2, 0.25) is 5.91 Å². The summed E-state index contributed by atoms with van der Waals surface area (Å²) in [6.45, 7) is 3.71. The van der Waals surface area contributed by atoms with E-state index in [-0.39, 0.29) is 17.9 Å². The van der Waals surface area contributed by atoms with Crippen LogP contribution in [0.5, 0.6) is 0 Å². The topological polar surface area (TPSA) is 56.8 Å². The summed E-state index contributed by atoms with van der Waals surface area (Å²) in [5.41, 5.74) is 0.965. The summed E-state index contributed by atoms with van der Waals surface area (Å²) in [4.78, 5) is 34.9. The number of hydrogen-bond donors (Lipinski definition) is 0. The van der Waals surface area contributed by atoms with Crippen molar-refractivity contribution in [2.24, 2.45) is 0 Å². The fourth-order valence-electron chi connectivity index (χ4n) is 3.55. The molecular weight excluding hydrogens is 336 g/mol. The summed E-state index contributed by atoms with van der Waals surface area (Å²) in [5, 5.41) is 2.38. The largest absolute Gasteiger partial charge is 0.334 e. The van der Waals surface area contributed by atoms with E-state index in [1.165, 1.54) is 11.3 Å². The van der Waals surface area contributed by atoms with Gasteiger partial charge in [-0.2, -0.15) is 0 Å².